The fourth-order valence-electron chi connectivity index (χ4n) is 3.31. The molecule has 4 nitrogen and oxygen atoms in total. The molecule has 152 valence electrons. The molecule has 0 aliphatic rings. The predicted octanol–water partition coefficient (Wildman–Crippen LogP) is 5.81. The van der Waals surface area contributed by atoms with Gasteiger partial charge in [-0.05, 0) is 66.6 Å². The van der Waals surface area contributed by atoms with Crippen LogP contribution in [-0.2, 0) is 17.8 Å². The second-order valence-corrected chi connectivity index (χ2v) is 9.09. The van der Waals surface area contributed by atoms with Crippen molar-refractivity contribution in [3.63, 3.8) is 0 Å². The molecule has 30 heavy (non-hydrogen) atoms. The Morgan fingerprint density at radius 1 is 0.967 bits per heavy atom. The van der Waals surface area contributed by atoms with Crippen molar-refractivity contribution in [3.05, 3.63) is 83.2 Å². The van der Waals surface area contributed by atoms with Crippen molar-refractivity contribution in [3.8, 4) is 0 Å². The number of aryl methyl sites for hydroxylation is 2. The highest BCUT2D eigenvalue weighted by Crippen LogP contribution is 2.34. The molecule has 0 unspecified atom stereocenters. The van der Waals surface area contributed by atoms with E-state index in [0.29, 0.717) is 13.0 Å². The standard InChI is InChI=1S/C24H23N3OS2/c1-16-4-5-17(2)23-22(16)26-24(30-23)27(15-19-10-12-25-13-11-19)21(28)14-18-6-8-20(29-3)9-7-18/h4-13H,14-15H2,1-3H3. The molecular weight excluding hydrogens is 410 g/mol. The summed E-state index contributed by atoms with van der Waals surface area (Å²) in [4.78, 5) is 25.3. The van der Waals surface area contributed by atoms with Crippen LogP contribution in [0.25, 0.3) is 10.2 Å². The van der Waals surface area contributed by atoms with Gasteiger partial charge < -0.3 is 0 Å². The lowest BCUT2D eigenvalue weighted by molar-refractivity contribution is -0.118. The van der Waals surface area contributed by atoms with Crippen molar-refractivity contribution in [2.24, 2.45) is 0 Å². The lowest BCUT2D eigenvalue weighted by Crippen LogP contribution is -2.31. The number of fused-ring (bicyclic) bond motifs is 1. The maximum Gasteiger partial charge on any atom is 0.233 e. The highest BCUT2D eigenvalue weighted by Gasteiger charge is 2.21. The summed E-state index contributed by atoms with van der Waals surface area (Å²) < 4.78 is 1.14. The first-order valence-electron chi connectivity index (χ1n) is 9.74. The number of hydrogen-bond donors (Lipinski definition) is 0. The average molecular weight is 434 g/mol. The fraction of sp³-hybridized carbons (Fsp3) is 0.208. The van der Waals surface area contributed by atoms with Gasteiger partial charge in [-0.2, -0.15) is 0 Å². The zero-order valence-electron chi connectivity index (χ0n) is 17.3. The predicted molar refractivity (Wildman–Crippen MR) is 126 cm³/mol. The van der Waals surface area contributed by atoms with Crippen molar-refractivity contribution in [1.29, 1.82) is 0 Å². The van der Waals surface area contributed by atoms with Crippen LogP contribution in [0.5, 0.6) is 0 Å². The Morgan fingerprint density at radius 3 is 2.33 bits per heavy atom. The molecule has 0 atom stereocenters. The number of pyridine rings is 1. The van der Waals surface area contributed by atoms with Gasteiger partial charge in [0, 0.05) is 17.3 Å². The second kappa shape index (κ2) is 8.98. The lowest BCUT2D eigenvalue weighted by Gasteiger charge is -2.20. The van der Waals surface area contributed by atoms with Gasteiger partial charge in [-0.15, -0.1) is 11.8 Å². The second-order valence-electron chi connectivity index (χ2n) is 7.23. The number of thiazole rings is 1. The van der Waals surface area contributed by atoms with Gasteiger partial charge in [0.05, 0.1) is 23.2 Å². The van der Waals surface area contributed by atoms with Gasteiger partial charge in [-0.3, -0.25) is 14.7 Å². The quantitative estimate of drug-likeness (QED) is 0.360. The van der Waals surface area contributed by atoms with E-state index in [-0.39, 0.29) is 5.91 Å². The maximum absolute atomic E-state index is 13.4. The van der Waals surface area contributed by atoms with Crippen LogP contribution in [0.4, 0.5) is 5.13 Å². The maximum atomic E-state index is 13.4. The Bertz CT molecular complexity index is 1130. The molecule has 2 aromatic carbocycles. The summed E-state index contributed by atoms with van der Waals surface area (Å²) in [6.07, 6.45) is 5.90. The Kier molecular flexibility index (Phi) is 6.16. The Balaban J connectivity index is 1.69. The van der Waals surface area contributed by atoms with Crippen LogP contribution in [0.3, 0.4) is 0 Å². The molecule has 0 bridgehead atoms. The van der Waals surface area contributed by atoms with Gasteiger partial charge >= 0.3 is 0 Å². The minimum atomic E-state index is 0.0399. The van der Waals surface area contributed by atoms with E-state index in [4.69, 9.17) is 4.98 Å². The van der Waals surface area contributed by atoms with Crippen molar-refractivity contribution in [2.75, 3.05) is 11.2 Å². The first kappa shape index (κ1) is 20.6. The number of aromatic nitrogens is 2. The highest BCUT2D eigenvalue weighted by atomic mass is 32.2. The molecule has 2 aromatic heterocycles. The Morgan fingerprint density at radius 2 is 1.67 bits per heavy atom. The Hall–Kier alpha value is -2.70. The van der Waals surface area contributed by atoms with E-state index in [1.165, 1.54) is 10.5 Å². The van der Waals surface area contributed by atoms with Crippen molar-refractivity contribution in [2.45, 2.75) is 31.7 Å². The third kappa shape index (κ3) is 4.40. The number of amides is 1. The summed E-state index contributed by atoms with van der Waals surface area (Å²) >= 11 is 3.28. The number of nitrogens with zero attached hydrogens (tertiary/aromatic N) is 3. The number of carbonyl (C=O) groups is 1. The van der Waals surface area contributed by atoms with Crippen LogP contribution in [0.2, 0.25) is 0 Å². The normalized spacial score (nSPS) is 11.0. The molecule has 2 heterocycles. The molecule has 0 saturated carbocycles. The van der Waals surface area contributed by atoms with E-state index in [0.717, 1.165) is 32.0 Å². The largest absolute Gasteiger partial charge is 0.283 e. The minimum Gasteiger partial charge on any atom is -0.283 e. The van der Waals surface area contributed by atoms with Crippen molar-refractivity contribution in [1.82, 2.24) is 9.97 Å². The molecular formula is C24H23N3OS2. The summed E-state index contributed by atoms with van der Waals surface area (Å²) in [5.74, 6) is 0.0399. The molecule has 0 fully saturated rings. The first-order chi connectivity index (χ1) is 14.5. The zero-order valence-corrected chi connectivity index (χ0v) is 18.9. The first-order valence-corrected chi connectivity index (χ1v) is 11.8. The molecule has 6 heteroatoms. The molecule has 0 aliphatic carbocycles. The molecule has 4 rings (SSSR count). The number of anilines is 1. The van der Waals surface area contributed by atoms with E-state index in [2.05, 4.69) is 43.1 Å². The monoisotopic (exact) mass is 433 g/mol. The molecule has 1 amide bonds. The van der Waals surface area contributed by atoms with E-state index in [1.54, 1.807) is 40.4 Å². The van der Waals surface area contributed by atoms with Gasteiger partial charge in [0.1, 0.15) is 0 Å². The number of rotatable bonds is 6. The van der Waals surface area contributed by atoms with E-state index < -0.39 is 0 Å². The SMILES string of the molecule is CSc1ccc(CC(=O)N(Cc2ccncc2)c2nc3c(C)ccc(C)c3s2)cc1. The van der Waals surface area contributed by atoms with E-state index in [1.807, 2.05) is 30.5 Å². The smallest absolute Gasteiger partial charge is 0.233 e. The van der Waals surface area contributed by atoms with Gasteiger partial charge in [0.15, 0.2) is 5.13 Å². The third-order valence-corrected chi connectivity index (χ3v) is 7.02. The third-order valence-electron chi connectivity index (χ3n) is 5.07. The molecule has 0 N–H and O–H groups in total. The fourth-order valence-corrected chi connectivity index (χ4v) is 4.85. The van der Waals surface area contributed by atoms with Crippen LogP contribution < -0.4 is 4.90 Å². The summed E-state index contributed by atoms with van der Waals surface area (Å²) in [5.41, 5.74) is 5.33. The van der Waals surface area contributed by atoms with Crippen LogP contribution in [0, 0.1) is 13.8 Å². The van der Waals surface area contributed by atoms with Crippen molar-refractivity contribution < 1.29 is 4.79 Å². The molecule has 4 aromatic rings. The molecule has 0 radical (unpaired) electrons. The van der Waals surface area contributed by atoms with Gasteiger partial charge in [-0.25, -0.2) is 4.98 Å². The molecule has 0 saturated heterocycles. The van der Waals surface area contributed by atoms with Crippen LogP contribution in [0.15, 0.2) is 65.8 Å². The van der Waals surface area contributed by atoms with Gasteiger partial charge in [0.2, 0.25) is 5.91 Å². The number of benzene rings is 2. The topological polar surface area (TPSA) is 46.1 Å². The number of thioether (sulfide) groups is 1. The van der Waals surface area contributed by atoms with Crippen LogP contribution >= 0.6 is 23.1 Å². The van der Waals surface area contributed by atoms with Gasteiger partial charge in [-0.1, -0.05) is 35.6 Å². The van der Waals surface area contributed by atoms with Crippen LogP contribution in [-0.4, -0.2) is 22.1 Å². The summed E-state index contributed by atoms with van der Waals surface area (Å²) in [7, 11) is 0. The van der Waals surface area contributed by atoms with Crippen molar-refractivity contribution >= 4 is 44.4 Å². The minimum absolute atomic E-state index is 0.0399. The average Bonchev–Trinajstić information content (AvgIpc) is 3.22. The lowest BCUT2D eigenvalue weighted by atomic mass is 10.1. The van der Waals surface area contributed by atoms with Gasteiger partial charge in [0.25, 0.3) is 0 Å². The molecule has 0 aliphatic heterocycles. The number of hydrogen-bond acceptors (Lipinski definition) is 5. The molecule has 0 spiro atoms. The zero-order chi connectivity index (χ0) is 21.1. The highest BCUT2D eigenvalue weighted by molar-refractivity contribution is 7.98. The summed E-state index contributed by atoms with van der Waals surface area (Å²) in [6.45, 7) is 4.63. The number of carbonyl (C=O) groups excluding carboxylic acids is 1. The van der Waals surface area contributed by atoms with Crippen LogP contribution in [0.1, 0.15) is 22.3 Å². The Labute approximate surface area is 185 Å². The van der Waals surface area contributed by atoms with E-state index >= 15 is 0 Å². The summed E-state index contributed by atoms with van der Waals surface area (Å²) in [5, 5.41) is 0.741. The summed E-state index contributed by atoms with van der Waals surface area (Å²) in [6, 6.07) is 16.3. The van der Waals surface area contributed by atoms with E-state index in [9.17, 15) is 4.79 Å².